The molecule has 0 unspecified atom stereocenters. The van der Waals surface area contributed by atoms with Crippen LogP contribution in [0.5, 0.6) is 0 Å². The molecule has 3 rings (SSSR count). The Kier molecular flexibility index (Phi) is 7.77. The van der Waals surface area contributed by atoms with Crippen LogP contribution in [0.2, 0.25) is 5.02 Å². The standard InChI is InChI=1S/C25H25ClN2O2S/c1-16-12-17(2)24(18(3)13-16)28-23(29)14-27-25(30)20-6-4-19(5-7-20)15-31-22-10-8-21(26)9-11-22/h4-13H,14-15H2,1-3H3,(H,27,30)(H,28,29). The van der Waals surface area contributed by atoms with Gasteiger partial charge < -0.3 is 10.6 Å². The van der Waals surface area contributed by atoms with Crippen LogP contribution in [-0.2, 0) is 10.5 Å². The number of amides is 2. The molecule has 4 nitrogen and oxygen atoms in total. The molecule has 3 aromatic rings. The first-order chi connectivity index (χ1) is 14.8. The molecule has 2 N–H and O–H groups in total. The number of anilines is 1. The summed E-state index contributed by atoms with van der Waals surface area (Å²) in [6, 6.07) is 19.2. The van der Waals surface area contributed by atoms with Crippen molar-refractivity contribution in [2.24, 2.45) is 0 Å². The number of carbonyl (C=O) groups is 2. The molecule has 0 aliphatic rings. The summed E-state index contributed by atoms with van der Waals surface area (Å²) in [4.78, 5) is 25.8. The molecule has 160 valence electrons. The summed E-state index contributed by atoms with van der Waals surface area (Å²) in [6.07, 6.45) is 0. The van der Waals surface area contributed by atoms with Crippen molar-refractivity contribution in [2.75, 3.05) is 11.9 Å². The fourth-order valence-corrected chi connectivity index (χ4v) is 4.25. The lowest BCUT2D eigenvalue weighted by molar-refractivity contribution is -0.115. The van der Waals surface area contributed by atoms with E-state index in [0.29, 0.717) is 5.56 Å². The van der Waals surface area contributed by atoms with Crippen LogP contribution in [0.4, 0.5) is 5.69 Å². The van der Waals surface area contributed by atoms with Gasteiger partial charge in [0.2, 0.25) is 5.91 Å². The van der Waals surface area contributed by atoms with Gasteiger partial charge >= 0.3 is 0 Å². The Morgan fingerprint density at radius 3 is 2.13 bits per heavy atom. The van der Waals surface area contributed by atoms with E-state index in [0.717, 1.165) is 43.6 Å². The average molecular weight is 453 g/mol. The maximum atomic E-state index is 12.4. The highest BCUT2D eigenvalue weighted by Gasteiger charge is 2.11. The highest BCUT2D eigenvalue weighted by atomic mass is 35.5. The Balaban J connectivity index is 1.50. The van der Waals surface area contributed by atoms with E-state index >= 15 is 0 Å². The van der Waals surface area contributed by atoms with E-state index in [2.05, 4.69) is 10.6 Å². The zero-order valence-corrected chi connectivity index (χ0v) is 19.4. The zero-order chi connectivity index (χ0) is 22.4. The number of rotatable bonds is 7. The maximum Gasteiger partial charge on any atom is 0.251 e. The largest absolute Gasteiger partial charge is 0.343 e. The molecular formula is C25H25ClN2O2S. The summed E-state index contributed by atoms with van der Waals surface area (Å²) >= 11 is 7.61. The fourth-order valence-electron chi connectivity index (χ4n) is 3.27. The second-order valence-electron chi connectivity index (χ2n) is 7.44. The quantitative estimate of drug-likeness (QED) is 0.437. The first-order valence-electron chi connectivity index (χ1n) is 9.95. The van der Waals surface area contributed by atoms with Crippen molar-refractivity contribution >= 4 is 40.9 Å². The van der Waals surface area contributed by atoms with Crippen molar-refractivity contribution in [2.45, 2.75) is 31.4 Å². The Hall–Kier alpha value is -2.76. The smallest absolute Gasteiger partial charge is 0.251 e. The van der Waals surface area contributed by atoms with Gasteiger partial charge in [0.25, 0.3) is 5.91 Å². The van der Waals surface area contributed by atoms with E-state index in [1.165, 1.54) is 0 Å². The lowest BCUT2D eigenvalue weighted by atomic mass is 10.1. The van der Waals surface area contributed by atoms with Crippen molar-refractivity contribution in [1.29, 1.82) is 0 Å². The predicted octanol–water partition coefficient (Wildman–Crippen LogP) is 5.93. The molecule has 0 bridgehead atoms. The summed E-state index contributed by atoms with van der Waals surface area (Å²) in [5.41, 5.74) is 5.59. The summed E-state index contributed by atoms with van der Waals surface area (Å²) in [7, 11) is 0. The normalized spacial score (nSPS) is 10.6. The van der Waals surface area contributed by atoms with Crippen molar-refractivity contribution < 1.29 is 9.59 Å². The molecule has 0 fully saturated rings. The van der Waals surface area contributed by atoms with Crippen LogP contribution in [0.25, 0.3) is 0 Å². The first-order valence-corrected chi connectivity index (χ1v) is 11.3. The molecule has 2 amide bonds. The molecule has 0 saturated carbocycles. The Morgan fingerprint density at radius 2 is 1.52 bits per heavy atom. The van der Waals surface area contributed by atoms with Gasteiger partial charge in [-0.2, -0.15) is 0 Å². The van der Waals surface area contributed by atoms with Gasteiger partial charge in [0, 0.05) is 26.9 Å². The van der Waals surface area contributed by atoms with Gasteiger partial charge in [0.15, 0.2) is 0 Å². The number of halogens is 1. The third-order valence-corrected chi connectivity index (χ3v) is 6.12. The number of carbonyl (C=O) groups excluding carboxylic acids is 2. The Bertz CT molecular complexity index is 1060. The van der Waals surface area contributed by atoms with Gasteiger partial charge in [-0.25, -0.2) is 0 Å². The van der Waals surface area contributed by atoms with Gasteiger partial charge in [-0.05, 0) is 73.9 Å². The third-order valence-electron chi connectivity index (χ3n) is 4.79. The molecule has 6 heteroatoms. The summed E-state index contributed by atoms with van der Waals surface area (Å²) in [6.45, 7) is 5.86. The van der Waals surface area contributed by atoms with Crippen LogP contribution in [0.1, 0.15) is 32.6 Å². The summed E-state index contributed by atoms with van der Waals surface area (Å²) in [5.74, 6) is 0.269. The van der Waals surface area contributed by atoms with E-state index in [4.69, 9.17) is 11.6 Å². The van der Waals surface area contributed by atoms with Gasteiger partial charge in [-0.1, -0.05) is 41.4 Å². The second kappa shape index (κ2) is 10.5. The number of benzene rings is 3. The summed E-state index contributed by atoms with van der Waals surface area (Å²) < 4.78 is 0. The van der Waals surface area contributed by atoms with Crippen molar-refractivity contribution in [3.05, 3.63) is 93.5 Å². The topological polar surface area (TPSA) is 58.2 Å². The SMILES string of the molecule is Cc1cc(C)c(NC(=O)CNC(=O)c2ccc(CSc3ccc(Cl)cc3)cc2)c(C)c1. The van der Waals surface area contributed by atoms with Gasteiger partial charge in [-0.15, -0.1) is 11.8 Å². The van der Waals surface area contributed by atoms with E-state index in [9.17, 15) is 9.59 Å². The number of thioether (sulfide) groups is 1. The van der Waals surface area contributed by atoms with Crippen LogP contribution in [0, 0.1) is 20.8 Å². The molecule has 0 heterocycles. The minimum Gasteiger partial charge on any atom is -0.343 e. The van der Waals surface area contributed by atoms with Crippen LogP contribution in [-0.4, -0.2) is 18.4 Å². The third kappa shape index (κ3) is 6.61. The highest BCUT2D eigenvalue weighted by Crippen LogP contribution is 2.24. The van der Waals surface area contributed by atoms with E-state index in [1.54, 1.807) is 23.9 Å². The van der Waals surface area contributed by atoms with Crippen LogP contribution in [0.3, 0.4) is 0 Å². The monoisotopic (exact) mass is 452 g/mol. The maximum absolute atomic E-state index is 12.4. The van der Waals surface area contributed by atoms with Crippen molar-refractivity contribution in [1.82, 2.24) is 5.32 Å². The zero-order valence-electron chi connectivity index (χ0n) is 17.8. The number of hydrogen-bond donors (Lipinski definition) is 2. The van der Waals surface area contributed by atoms with Crippen LogP contribution >= 0.6 is 23.4 Å². The molecule has 3 aromatic carbocycles. The molecule has 0 aromatic heterocycles. The predicted molar refractivity (Wildman–Crippen MR) is 129 cm³/mol. The average Bonchev–Trinajstić information content (AvgIpc) is 2.74. The lowest BCUT2D eigenvalue weighted by Gasteiger charge is -2.13. The highest BCUT2D eigenvalue weighted by molar-refractivity contribution is 7.98. The fraction of sp³-hybridized carbons (Fsp3) is 0.200. The number of hydrogen-bond acceptors (Lipinski definition) is 3. The lowest BCUT2D eigenvalue weighted by Crippen LogP contribution is -2.33. The molecule has 0 saturated heterocycles. The van der Waals surface area contributed by atoms with Gasteiger partial charge in [-0.3, -0.25) is 9.59 Å². The second-order valence-corrected chi connectivity index (χ2v) is 8.93. The van der Waals surface area contributed by atoms with Crippen LogP contribution < -0.4 is 10.6 Å². The Labute approximate surface area is 192 Å². The number of aryl methyl sites for hydroxylation is 3. The first kappa shape index (κ1) is 22.9. The van der Waals surface area contributed by atoms with Gasteiger partial charge in [0.05, 0.1) is 6.54 Å². The molecule has 0 aliphatic heterocycles. The molecule has 0 aliphatic carbocycles. The molecule has 0 radical (unpaired) electrons. The van der Waals surface area contributed by atoms with Crippen molar-refractivity contribution in [3.63, 3.8) is 0 Å². The molecule has 31 heavy (non-hydrogen) atoms. The van der Waals surface area contributed by atoms with E-state index < -0.39 is 0 Å². The van der Waals surface area contributed by atoms with Crippen molar-refractivity contribution in [3.8, 4) is 0 Å². The van der Waals surface area contributed by atoms with Crippen LogP contribution in [0.15, 0.2) is 65.6 Å². The summed E-state index contributed by atoms with van der Waals surface area (Å²) in [5, 5.41) is 6.30. The minimum absolute atomic E-state index is 0.0836. The molecule has 0 atom stereocenters. The van der Waals surface area contributed by atoms with E-state index in [1.807, 2.05) is 69.3 Å². The van der Waals surface area contributed by atoms with Gasteiger partial charge in [0.1, 0.15) is 0 Å². The van der Waals surface area contributed by atoms with E-state index in [-0.39, 0.29) is 18.4 Å². The minimum atomic E-state index is -0.274. The molecule has 0 spiro atoms. The Morgan fingerprint density at radius 1 is 0.903 bits per heavy atom. The molecular weight excluding hydrogens is 428 g/mol. The number of nitrogens with one attached hydrogen (secondary N) is 2.